The Balaban J connectivity index is 1.75. The minimum Gasteiger partial charge on any atom is -0.480 e. The molecule has 1 saturated carbocycles. The van der Waals surface area contributed by atoms with Gasteiger partial charge in [0, 0.05) is 25.6 Å². The molecule has 0 bridgehead atoms. The molecule has 1 aliphatic heterocycles. The summed E-state index contributed by atoms with van der Waals surface area (Å²) >= 11 is 0. The second-order valence-electron chi connectivity index (χ2n) is 6.00. The van der Waals surface area contributed by atoms with Crippen molar-refractivity contribution in [3.8, 4) is 0 Å². The van der Waals surface area contributed by atoms with Crippen LogP contribution in [0, 0.1) is 5.92 Å². The Kier molecular flexibility index (Phi) is 5.03. The molecule has 0 radical (unpaired) electrons. The summed E-state index contributed by atoms with van der Waals surface area (Å²) in [4.78, 5) is 36.2. The number of nitrogens with one attached hydrogen (secondary N) is 2. The average Bonchev–Trinajstić information content (AvgIpc) is 3.22. The third kappa shape index (κ3) is 4.61. The number of urea groups is 1. The van der Waals surface area contributed by atoms with Gasteiger partial charge in [0.2, 0.25) is 5.91 Å². The zero-order valence-corrected chi connectivity index (χ0v) is 12.3. The first-order valence-electron chi connectivity index (χ1n) is 7.54. The lowest BCUT2D eigenvalue weighted by atomic mass is 9.93. The number of nitrogens with zero attached hydrogens (tertiary/aromatic N) is 1. The van der Waals surface area contributed by atoms with Crippen LogP contribution in [-0.4, -0.2) is 53.1 Å². The summed E-state index contributed by atoms with van der Waals surface area (Å²) in [7, 11) is 0. The minimum atomic E-state index is -0.969. The maximum absolute atomic E-state index is 12.1. The van der Waals surface area contributed by atoms with Crippen LogP contribution in [0.15, 0.2) is 0 Å². The number of carbonyl (C=O) groups excluding carboxylic acids is 2. The molecule has 2 fully saturated rings. The second kappa shape index (κ2) is 6.78. The van der Waals surface area contributed by atoms with E-state index < -0.39 is 18.0 Å². The van der Waals surface area contributed by atoms with Gasteiger partial charge in [-0.1, -0.05) is 6.92 Å². The normalized spacial score (nSPS) is 25.3. The molecule has 2 aliphatic rings. The van der Waals surface area contributed by atoms with E-state index in [0.29, 0.717) is 24.9 Å². The maximum Gasteiger partial charge on any atom is 0.326 e. The van der Waals surface area contributed by atoms with Crippen LogP contribution in [0.5, 0.6) is 0 Å². The van der Waals surface area contributed by atoms with Gasteiger partial charge in [-0.15, -0.1) is 0 Å². The number of hydrogen-bond acceptors (Lipinski definition) is 3. The summed E-state index contributed by atoms with van der Waals surface area (Å²) in [5.41, 5.74) is 0. The lowest BCUT2D eigenvalue weighted by molar-refractivity contribution is -0.143. The van der Waals surface area contributed by atoms with E-state index in [2.05, 4.69) is 10.6 Å². The van der Waals surface area contributed by atoms with Crippen molar-refractivity contribution in [1.82, 2.24) is 15.5 Å². The Hall–Kier alpha value is -1.79. The highest BCUT2D eigenvalue weighted by Gasteiger charge is 2.34. The molecule has 21 heavy (non-hydrogen) atoms. The second-order valence-corrected chi connectivity index (χ2v) is 6.00. The molecular weight excluding hydrogens is 274 g/mol. The summed E-state index contributed by atoms with van der Waals surface area (Å²) in [6.07, 6.45) is 3.57. The van der Waals surface area contributed by atoms with E-state index in [1.54, 1.807) is 0 Å². The summed E-state index contributed by atoms with van der Waals surface area (Å²) < 4.78 is 0. The lowest BCUT2D eigenvalue weighted by Gasteiger charge is -2.35. The number of carboxylic acid groups (broad SMARTS) is 1. The van der Waals surface area contributed by atoms with Gasteiger partial charge in [0.25, 0.3) is 0 Å². The SMILES string of the molecule is CC1CCN(C(=O)NCCC(=O)NC2CC2)C(C(=O)O)C1. The molecule has 1 aliphatic carbocycles. The summed E-state index contributed by atoms with van der Waals surface area (Å²) in [6.45, 7) is 2.67. The standard InChI is InChI=1S/C14H23N3O4/c1-9-5-7-17(11(8-9)13(19)20)14(21)15-6-4-12(18)16-10-2-3-10/h9-11H,2-8H2,1H3,(H,15,21)(H,16,18)(H,19,20). The molecule has 7 heteroatoms. The number of piperidine rings is 1. The molecule has 2 atom stereocenters. The summed E-state index contributed by atoms with van der Waals surface area (Å²) in [5.74, 6) is -0.734. The first-order valence-corrected chi connectivity index (χ1v) is 7.54. The van der Waals surface area contributed by atoms with Crippen LogP contribution in [0.25, 0.3) is 0 Å². The Morgan fingerprint density at radius 3 is 2.57 bits per heavy atom. The number of carboxylic acids is 1. The fourth-order valence-electron chi connectivity index (χ4n) is 2.53. The molecule has 0 aromatic rings. The number of rotatable bonds is 5. The van der Waals surface area contributed by atoms with Crippen LogP contribution in [0.1, 0.15) is 39.0 Å². The highest BCUT2D eigenvalue weighted by atomic mass is 16.4. The molecule has 3 amide bonds. The monoisotopic (exact) mass is 297 g/mol. The first kappa shape index (κ1) is 15.6. The zero-order chi connectivity index (χ0) is 15.4. The van der Waals surface area contributed by atoms with Gasteiger partial charge in [-0.3, -0.25) is 4.79 Å². The van der Waals surface area contributed by atoms with Crippen LogP contribution in [0.4, 0.5) is 4.79 Å². The van der Waals surface area contributed by atoms with E-state index in [1.807, 2.05) is 6.92 Å². The Labute approximate surface area is 124 Å². The van der Waals surface area contributed by atoms with Crippen molar-refractivity contribution in [2.75, 3.05) is 13.1 Å². The minimum absolute atomic E-state index is 0.0696. The van der Waals surface area contributed by atoms with Crippen molar-refractivity contribution < 1.29 is 19.5 Å². The van der Waals surface area contributed by atoms with E-state index in [9.17, 15) is 19.5 Å². The van der Waals surface area contributed by atoms with Gasteiger partial charge < -0.3 is 20.6 Å². The number of carbonyl (C=O) groups is 3. The molecule has 7 nitrogen and oxygen atoms in total. The van der Waals surface area contributed by atoms with E-state index in [1.165, 1.54) is 4.90 Å². The number of aliphatic carboxylic acids is 1. The van der Waals surface area contributed by atoms with E-state index >= 15 is 0 Å². The van der Waals surface area contributed by atoms with E-state index in [-0.39, 0.29) is 18.9 Å². The van der Waals surface area contributed by atoms with Crippen LogP contribution >= 0.6 is 0 Å². The van der Waals surface area contributed by atoms with Crippen molar-refractivity contribution in [3.63, 3.8) is 0 Å². The molecule has 118 valence electrons. The fourth-order valence-corrected chi connectivity index (χ4v) is 2.53. The van der Waals surface area contributed by atoms with Crippen molar-refractivity contribution >= 4 is 17.9 Å². The Morgan fingerprint density at radius 2 is 1.95 bits per heavy atom. The van der Waals surface area contributed by atoms with E-state index in [4.69, 9.17) is 0 Å². The Bertz CT molecular complexity index is 422. The van der Waals surface area contributed by atoms with Crippen molar-refractivity contribution in [1.29, 1.82) is 0 Å². The largest absolute Gasteiger partial charge is 0.480 e. The van der Waals surface area contributed by atoms with Crippen molar-refractivity contribution in [2.24, 2.45) is 5.92 Å². The van der Waals surface area contributed by atoms with Gasteiger partial charge >= 0.3 is 12.0 Å². The smallest absolute Gasteiger partial charge is 0.326 e. The van der Waals surface area contributed by atoms with Crippen LogP contribution in [-0.2, 0) is 9.59 Å². The number of hydrogen-bond donors (Lipinski definition) is 3. The number of likely N-dealkylation sites (tertiary alicyclic amines) is 1. The molecule has 2 rings (SSSR count). The van der Waals surface area contributed by atoms with Gasteiger partial charge in [-0.2, -0.15) is 0 Å². The van der Waals surface area contributed by atoms with Gasteiger partial charge in [-0.25, -0.2) is 9.59 Å². The van der Waals surface area contributed by atoms with Crippen molar-refractivity contribution in [3.05, 3.63) is 0 Å². The highest BCUT2D eigenvalue weighted by molar-refractivity contribution is 5.83. The number of amides is 3. The molecule has 0 aromatic carbocycles. The lowest BCUT2D eigenvalue weighted by Crippen LogP contribution is -2.53. The van der Waals surface area contributed by atoms with Gasteiger partial charge in [0.05, 0.1) is 0 Å². The van der Waals surface area contributed by atoms with Crippen molar-refractivity contribution in [2.45, 2.75) is 51.1 Å². The third-order valence-corrected chi connectivity index (χ3v) is 3.98. The zero-order valence-electron chi connectivity index (χ0n) is 12.3. The molecule has 1 heterocycles. The topological polar surface area (TPSA) is 98.7 Å². The van der Waals surface area contributed by atoms with Gasteiger partial charge in [-0.05, 0) is 31.6 Å². The predicted molar refractivity (Wildman–Crippen MR) is 75.7 cm³/mol. The van der Waals surface area contributed by atoms with Gasteiger partial charge in [0.15, 0.2) is 0 Å². The molecule has 0 spiro atoms. The molecular formula is C14H23N3O4. The first-order chi connectivity index (χ1) is 9.97. The Morgan fingerprint density at radius 1 is 1.24 bits per heavy atom. The van der Waals surface area contributed by atoms with Gasteiger partial charge in [0.1, 0.15) is 6.04 Å². The highest BCUT2D eigenvalue weighted by Crippen LogP contribution is 2.22. The van der Waals surface area contributed by atoms with Crippen LogP contribution in [0.2, 0.25) is 0 Å². The molecule has 0 aromatic heterocycles. The average molecular weight is 297 g/mol. The summed E-state index contributed by atoms with van der Waals surface area (Å²) in [6, 6.07) is -0.851. The van der Waals surface area contributed by atoms with Crippen LogP contribution < -0.4 is 10.6 Å². The maximum atomic E-state index is 12.1. The summed E-state index contributed by atoms with van der Waals surface area (Å²) in [5, 5.41) is 14.7. The third-order valence-electron chi connectivity index (χ3n) is 3.98. The van der Waals surface area contributed by atoms with E-state index in [0.717, 1.165) is 19.3 Å². The van der Waals surface area contributed by atoms with Crippen LogP contribution in [0.3, 0.4) is 0 Å². The molecule has 2 unspecified atom stereocenters. The quantitative estimate of drug-likeness (QED) is 0.690. The predicted octanol–water partition coefficient (Wildman–Crippen LogP) is 0.550. The molecule has 3 N–H and O–H groups in total. The fraction of sp³-hybridized carbons (Fsp3) is 0.786. The molecule has 1 saturated heterocycles.